The fourth-order valence-corrected chi connectivity index (χ4v) is 2.43. The SMILES string of the molecule is O=C1O[C@H]([C@@H](O)CO)C([O-])C1O[C@H]1O[C@H](CO)[C@@H](O)[C@H](O)[C@H]1O. The van der Waals surface area contributed by atoms with Crippen LogP contribution in [-0.4, -0.2) is 105 Å². The molecule has 2 aliphatic heterocycles. The molecule has 2 saturated heterocycles. The molecule has 2 unspecified atom stereocenters. The van der Waals surface area contributed by atoms with E-state index in [-0.39, 0.29) is 0 Å². The molecule has 0 radical (unpaired) electrons. The number of aliphatic hydroxyl groups excluding tert-OH is 6. The highest BCUT2D eigenvalue weighted by atomic mass is 16.7. The van der Waals surface area contributed by atoms with Gasteiger partial charge in [0.15, 0.2) is 6.29 Å². The molecule has 0 aliphatic carbocycles. The first-order chi connectivity index (χ1) is 10.8. The van der Waals surface area contributed by atoms with Gasteiger partial charge in [-0.05, 0) is 6.10 Å². The van der Waals surface area contributed by atoms with Crippen LogP contribution in [0.1, 0.15) is 0 Å². The van der Waals surface area contributed by atoms with E-state index in [1.165, 1.54) is 0 Å². The lowest BCUT2D eigenvalue weighted by molar-refractivity contribution is -0.452. The van der Waals surface area contributed by atoms with Crippen molar-refractivity contribution in [2.75, 3.05) is 13.2 Å². The van der Waals surface area contributed by atoms with E-state index in [4.69, 9.17) is 19.7 Å². The van der Waals surface area contributed by atoms with Crippen LogP contribution in [0.4, 0.5) is 0 Å². The third-order valence-corrected chi connectivity index (χ3v) is 3.80. The number of esters is 1. The molecule has 2 fully saturated rings. The average molecular weight is 339 g/mol. The minimum atomic E-state index is -1.91. The van der Waals surface area contributed by atoms with Crippen LogP contribution in [-0.2, 0) is 19.0 Å². The zero-order valence-electron chi connectivity index (χ0n) is 11.8. The van der Waals surface area contributed by atoms with Crippen LogP contribution in [0, 0.1) is 0 Å². The Labute approximate surface area is 130 Å². The molecule has 0 aromatic heterocycles. The Morgan fingerprint density at radius 1 is 1.17 bits per heavy atom. The van der Waals surface area contributed by atoms with Gasteiger partial charge in [-0.25, -0.2) is 4.79 Å². The van der Waals surface area contributed by atoms with E-state index < -0.39 is 74.3 Å². The highest BCUT2D eigenvalue weighted by Crippen LogP contribution is 2.27. The molecular formula is C12H19O11-. The van der Waals surface area contributed by atoms with Crippen LogP contribution >= 0.6 is 0 Å². The van der Waals surface area contributed by atoms with Crippen molar-refractivity contribution in [2.45, 2.75) is 55.1 Å². The van der Waals surface area contributed by atoms with Crippen molar-refractivity contribution < 1.29 is 54.8 Å². The van der Waals surface area contributed by atoms with Gasteiger partial charge in [0.05, 0.1) is 13.2 Å². The Bertz CT molecular complexity index is 416. The highest BCUT2D eigenvalue weighted by Gasteiger charge is 2.49. The summed E-state index contributed by atoms with van der Waals surface area (Å²) in [6.45, 7) is -1.50. The van der Waals surface area contributed by atoms with Gasteiger partial charge in [0, 0.05) is 0 Å². The topological polar surface area (TPSA) is 189 Å². The Morgan fingerprint density at radius 3 is 2.39 bits per heavy atom. The number of hydrogen-bond donors (Lipinski definition) is 6. The van der Waals surface area contributed by atoms with Crippen molar-refractivity contribution in [1.29, 1.82) is 0 Å². The van der Waals surface area contributed by atoms with Crippen LogP contribution in [0.2, 0.25) is 0 Å². The number of rotatable bonds is 5. The van der Waals surface area contributed by atoms with Gasteiger partial charge in [0.1, 0.15) is 42.7 Å². The lowest BCUT2D eigenvalue weighted by atomic mass is 9.99. The summed E-state index contributed by atoms with van der Waals surface area (Å²) >= 11 is 0. The second-order valence-electron chi connectivity index (χ2n) is 5.37. The minimum Gasteiger partial charge on any atom is -0.847 e. The predicted molar refractivity (Wildman–Crippen MR) is 65.4 cm³/mol. The Morgan fingerprint density at radius 2 is 1.83 bits per heavy atom. The largest absolute Gasteiger partial charge is 0.847 e. The smallest absolute Gasteiger partial charge is 0.334 e. The maximum atomic E-state index is 12.0. The van der Waals surface area contributed by atoms with E-state index in [0.29, 0.717) is 0 Å². The molecule has 0 amide bonds. The molecule has 134 valence electrons. The quantitative estimate of drug-likeness (QED) is 0.262. The summed E-state index contributed by atoms with van der Waals surface area (Å²) in [5.74, 6) is -1.13. The van der Waals surface area contributed by atoms with E-state index in [1.807, 2.05) is 0 Å². The monoisotopic (exact) mass is 339 g/mol. The third-order valence-electron chi connectivity index (χ3n) is 3.80. The number of hydrogen-bond acceptors (Lipinski definition) is 11. The first kappa shape index (κ1) is 18.4. The summed E-state index contributed by atoms with van der Waals surface area (Å²) in [6.07, 6.45) is -14.9. The zero-order valence-corrected chi connectivity index (χ0v) is 11.8. The van der Waals surface area contributed by atoms with Gasteiger partial charge in [-0.1, -0.05) is 0 Å². The molecular weight excluding hydrogens is 320 g/mol. The Balaban J connectivity index is 2.07. The summed E-state index contributed by atoms with van der Waals surface area (Å²) in [5, 5.41) is 68.3. The van der Waals surface area contributed by atoms with E-state index in [1.54, 1.807) is 0 Å². The molecule has 2 rings (SSSR count). The zero-order chi connectivity index (χ0) is 17.3. The molecule has 2 heterocycles. The Kier molecular flexibility index (Phi) is 5.89. The van der Waals surface area contributed by atoms with Crippen LogP contribution in [0.25, 0.3) is 0 Å². The molecule has 11 nitrogen and oxygen atoms in total. The van der Waals surface area contributed by atoms with E-state index in [2.05, 4.69) is 4.74 Å². The number of carbonyl (C=O) groups is 1. The van der Waals surface area contributed by atoms with Crippen molar-refractivity contribution in [1.82, 2.24) is 0 Å². The summed E-state index contributed by atoms with van der Waals surface area (Å²) in [5.41, 5.74) is 0. The average Bonchev–Trinajstić information content (AvgIpc) is 2.82. The molecule has 0 bridgehead atoms. The minimum absolute atomic E-state index is 0.702. The molecule has 0 spiro atoms. The van der Waals surface area contributed by atoms with E-state index in [9.17, 15) is 30.3 Å². The first-order valence-corrected chi connectivity index (χ1v) is 6.93. The number of carbonyl (C=O) groups excluding carboxylic acids is 1. The van der Waals surface area contributed by atoms with Gasteiger partial charge in [-0.15, -0.1) is 0 Å². The molecule has 2 aliphatic rings. The third kappa shape index (κ3) is 3.47. The van der Waals surface area contributed by atoms with E-state index >= 15 is 0 Å². The number of ether oxygens (including phenoxy) is 3. The predicted octanol–water partition coefficient (Wildman–Crippen LogP) is -5.82. The summed E-state index contributed by atoms with van der Waals surface area (Å²) in [4.78, 5) is 11.7. The molecule has 0 aromatic carbocycles. The molecule has 6 N–H and O–H groups in total. The van der Waals surface area contributed by atoms with Crippen molar-refractivity contribution >= 4 is 5.97 Å². The highest BCUT2D eigenvalue weighted by molar-refractivity contribution is 5.78. The van der Waals surface area contributed by atoms with Crippen molar-refractivity contribution in [2.24, 2.45) is 0 Å². The van der Waals surface area contributed by atoms with E-state index in [0.717, 1.165) is 0 Å². The van der Waals surface area contributed by atoms with Crippen LogP contribution in [0.3, 0.4) is 0 Å². The lowest BCUT2D eigenvalue weighted by Gasteiger charge is -2.41. The van der Waals surface area contributed by atoms with Gasteiger partial charge < -0.3 is 50.0 Å². The number of cyclic esters (lactones) is 1. The molecule has 9 atom stereocenters. The Hall–Kier alpha value is -0.890. The maximum Gasteiger partial charge on any atom is 0.334 e. The second kappa shape index (κ2) is 7.34. The van der Waals surface area contributed by atoms with Crippen molar-refractivity contribution in [3.05, 3.63) is 0 Å². The molecule has 0 aromatic rings. The van der Waals surface area contributed by atoms with Gasteiger partial charge in [0.2, 0.25) is 0 Å². The van der Waals surface area contributed by atoms with Crippen LogP contribution < -0.4 is 5.11 Å². The standard InChI is InChI=1S/C12H19O11/c13-1-3(15)9-8(19)10(11(20)22-9)23-12-7(18)6(17)5(16)4(2-14)21-12/h3-10,12-18H,1-2H2/q-1/t3-,4+,5+,6-,7+,8?,9+,10?,12+/m0/s1. The van der Waals surface area contributed by atoms with Crippen LogP contribution in [0.5, 0.6) is 0 Å². The molecule has 0 saturated carbocycles. The summed E-state index contributed by atoms with van der Waals surface area (Å²) in [7, 11) is 0. The fraction of sp³-hybridized carbons (Fsp3) is 0.917. The van der Waals surface area contributed by atoms with Gasteiger partial charge in [-0.3, -0.25) is 0 Å². The number of aliphatic hydroxyl groups is 6. The fourth-order valence-electron chi connectivity index (χ4n) is 2.43. The maximum absolute atomic E-state index is 12.0. The second-order valence-corrected chi connectivity index (χ2v) is 5.37. The summed E-state index contributed by atoms with van der Waals surface area (Å²) < 4.78 is 14.7. The van der Waals surface area contributed by atoms with Gasteiger partial charge in [0.25, 0.3) is 0 Å². The first-order valence-electron chi connectivity index (χ1n) is 6.93. The van der Waals surface area contributed by atoms with Gasteiger partial charge >= 0.3 is 5.97 Å². The van der Waals surface area contributed by atoms with Crippen molar-refractivity contribution in [3.8, 4) is 0 Å². The van der Waals surface area contributed by atoms with Gasteiger partial charge in [-0.2, -0.15) is 0 Å². The summed E-state index contributed by atoms with van der Waals surface area (Å²) in [6, 6.07) is 0. The normalized spacial score (nSPS) is 45.8. The van der Waals surface area contributed by atoms with Crippen molar-refractivity contribution in [3.63, 3.8) is 0 Å². The molecule has 23 heavy (non-hydrogen) atoms. The van der Waals surface area contributed by atoms with Crippen LogP contribution in [0.15, 0.2) is 0 Å². The lowest BCUT2D eigenvalue weighted by Crippen LogP contribution is -2.61. The molecule has 11 heteroatoms.